The number of ether oxygens (including phenoxy) is 1. The molecule has 2 rings (SSSR count). The minimum atomic E-state index is -0.786. The summed E-state index contributed by atoms with van der Waals surface area (Å²) in [4.78, 5) is 15.8. The molecule has 1 N–H and O–H groups in total. The van der Waals surface area contributed by atoms with E-state index in [1.807, 2.05) is 11.0 Å². The average Bonchev–Trinajstić information content (AvgIpc) is 2.46. The minimum Gasteiger partial charge on any atom is -0.495 e. The smallest absolute Gasteiger partial charge is 0.321 e. The molecule has 5 nitrogen and oxygen atoms in total. The van der Waals surface area contributed by atoms with Crippen LogP contribution in [-0.2, 0) is 11.2 Å². The van der Waals surface area contributed by atoms with E-state index in [0.29, 0.717) is 17.2 Å². The van der Waals surface area contributed by atoms with Crippen LogP contribution in [0.15, 0.2) is 18.2 Å². The molecule has 0 bridgehead atoms. The second-order valence-corrected chi connectivity index (χ2v) is 5.77. The monoisotopic (exact) mass is 312 g/mol. The summed E-state index contributed by atoms with van der Waals surface area (Å²) in [6.07, 6.45) is 0.447. The summed E-state index contributed by atoms with van der Waals surface area (Å²) < 4.78 is 5.12. The van der Waals surface area contributed by atoms with Crippen molar-refractivity contribution in [3.63, 3.8) is 0 Å². The van der Waals surface area contributed by atoms with Gasteiger partial charge in [-0.3, -0.25) is 9.69 Å². The number of likely N-dealkylation sites (N-methyl/N-ethyl adjacent to an activating group) is 1. The van der Waals surface area contributed by atoms with E-state index < -0.39 is 12.0 Å². The Labute approximate surface area is 130 Å². The van der Waals surface area contributed by atoms with Crippen LogP contribution in [0.1, 0.15) is 5.56 Å². The van der Waals surface area contributed by atoms with Crippen molar-refractivity contribution in [1.29, 1.82) is 0 Å². The van der Waals surface area contributed by atoms with Crippen LogP contribution in [0.5, 0.6) is 5.75 Å². The van der Waals surface area contributed by atoms with Gasteiger partial charge in [0.15, 0.2) is 0 Å². The number of rotatable bonds is 5. The molecule has 21 heavy (non-hydrogen) atoms. The molecule has 116 valence electrons. The maximum atomic E-state index is 11.6. The van der Waals surface area contributed by atoms with Gasteiger partial charge in [-0.2, -0.15) is 0 Å². The topological polar surface area (TPSA) is 53.0 Å². The number of benzene rings is 1. The van der Waals surface area contributed by atoms with Crippen molar-refractivity contribution < 1.29 is 14.6 Å². The number of piperazine rings is 1. The molecule has 1 atom stereocenters. The van der Waals surface area contributed by atoms with Crippen LogP contribution in [0.4, 0.5) is 0 Å². The van der Waals surface area contributed by atoms with Crippen molar-refractivity contribution in [1.82, 2.24) is 9.80 Å². The summed E-state index contributed by atoms with van der Waals surface area (Å²) in [6, 6.07) is 4.92. The fourth-order valence-corrected chi connectivity index (χ4v) is 2.85. The van der Waals surface area contributed by atoms with E-state index in [2.05, 4.69) is 11.9 Å². The fraction of sp³-hybridized carbons (Fsp3) is 0.533. The Balaban J connectivity index is 2.09. The third-order valence-electron chi connectivity index (χ3n) is 3.91. The molecule has 0 amide bonds. The summed E-state index contributed by atoms with van der Waals surface area (Å²) in [5.41, 5.74) is 0.909. The summed E-state index contributed by atoms with van der Waals surface area (Å²) in [5.74, 6) is -0.182. The zero-order valence-corrected chi connectivity index (χ0v) is 13.1. The molecule has 1 aliphatic heterocycles. The number of hydrogen-bond acceptors (Lipinski definition) is 4. The number of nitrogens with zero attached hydrogens (tertiary/aromatic N) is 2. The highest BCUT2D eigenvalue weighted by molar-refractivity contribution is 6.32. The van der Waals surface area contributed by atoms with Gasteiger partial charge in [-0.15, -0.1) is 0 Å². The summed E-state index contributed by atoms with van der Waals surface area (Å²) in [7, 11) is 3.61. The average molecular weight is 313 g/mol. The van der Waals surface area contributed by atoms with Crippen LogP contribution < -0.4 is 4.74 Å². The van der Waals surface area contributed by atoms with Gasteiger partial charge < -0.3 is 14.7 Å². The molecular formula is C15H21ClN2O3. The molecule has 1 heterocycles. The third kappa shape index (κ3) is 4.09. The van der Waals surface area contributed by atoms with Gasteiger partial charge in [0.05, 0.1) is 12.1 Å². The van der Waals surface area contributed by atoms with Crippen molar-refractivity contribution in [2.24, 2.45) is 0 Å². The maximum absolute atomic E-state index is 11.6. The number of carboxylic acids is 1. The molecule has 1 saturated heterocycles. The first kappa shape index (κ1) is 16.1. The van der Waals surface area contributed by atoms with Crippen LogP contribution in [-0.4, -0.2) is 67.3 Å². The number of halogens is 1. The number of aliphatic carboxylic acids is 1. The number of carbonyl (C=O) groups is 1. The fourth-order valence-electron chi connectivity index (χ4n) is 2.57. The van der Waals surface area contributed by atoms with Gasteiger partial charge in [0.1, 0.15) is 11.8 Å². The predicted molar refractivity (Wildman–Crippen MR) is 82.2 cm³/mol. The highest BCUT2D eigenvalue weighted by atomic mass is 35.5. The molecule has 0 aliphatic carbocycles. The molecule has 1 aromatic carbocycles. The molecule has 0 aromatic heterocycles. The Kier molecular flexibility index (Phi) is 5.45. The predicted octanol–water partition coefficient (Wildman–Crippen LogP) is 1.59. The van der Waals surface area contributed by atoms with Gasteiger partial charge in [-0.25, -0.2) is 0 Å². The Bertz CT molecular complexity index is 502. The van der Waals surface area contributed by atoms with E-state index in [0.717, 1.165) is 31.7 Å². The number of carboxylic acid groups (broad SMARTS) is 1. The van der Waals surface area contributed by atoms with Gasteiger partial charge in [-0.1, -0.05) is 17.7 Å². The van der Waals surface area contributed by atoms with Gasteiger partial charge in [0.2, 0.25) is 0 Å². The third-order valence-corrected chi connectivity index (χ3v) is 4.20. The molecule has 1 aromatic rings. The van der Waals surface area contributed by atoms with Crippen LogP contribution in [0.2, 0.25) is 5.02 Å². The normalized spacial score (nSPS) is 18.4. The molecule has 1 unspecified atom stereocenters. The van der Waals surface area contributed by atoms with E-state index in [9.17, 15) is 9.90 Å². The Morgan fingerprint density at radius 3 is 2.57 bits per heavy atom. The lowest BCUT2D eigenvalue weighted by Crippen LogP contribution is -2.52. The summed E-state index contributed by atoms with van der Waals surface area (Å²) in [5, 5.41) is 10.0. The maximum Gasteiger partial charge on any atom is 0.321 e. The lowest BCUT2D eigenvalue weighted by molar-refractivity contribution is -0.144. The zero-order valence-electron chi connectivity index (χ0n) is 12.4. The summed E-state index contributed by atoms with van der Waals surface area (Å²) >= 11 is 6.10. The molecule has 1 aliphatic rings. The van der Waals surface area contributed by atoms with E-state index in [1.54, 1.807) is 19.2 Å². The van der Waals surface area contributed by atoms with Crippen LogP contribution in [0.25, 0.3) is 0 Å². The van der Waals surface area contributed by atoms with Crippen molar-refractivity contribution in [2.75, 3.05) is 40.3 Å². The quantitative estimate of drug-likeness (QED) is 0.895. The summed E-state index contributed by atoms with van der Waals surface area (Å²) in [6.45, 7) is 3.34. The Morgan fingerprint density at radius 2 is 2.05 bits per heavy atom. The van der Waals surface area contributed by atoms with Crippen LogP contribution >= 0.6 is 11.6 Å². The molecule has 0 spiro atoms. The first-order valence-electron chi connectivity index (χ1n) is 6.99. The molecule has 0 saturated carbocycles. The van der Waals surface area contributed by atoms with E-state index >= 15 is 0 Å². The van der Waals surface area contributed by atoms with Crippen LogP contribution in [0, 0.1) is 0 Å². The second-order valence-electron chi connectivity index (χ2n) is 5.37. The van der Waals surface area contributed by atoms with Crippen molar-refractivity contribution in [3.8, 4) is 5.75 Å². The minimum absolute atomic E-state index is 0.447. The Hall–Kier alpha value is -1.30. The van der Waals surface area contributed by atoms with E-state index in [-0.39, 0.29) is 0 Å². The Morgan fingerprint density at radius 1 is 1.38 bits per heavy atom. The SMILES string of the molecule is COc1ccc(CC(C(=O)O)N2CCN(C)CC2)cc1Cl. The molecule has 0 radical (unpaired) electrons. The first-order chi connectivity index (χ1) is 10.0. The molecular weight excluding hydrogens is 292 g/mol. The number of methoxy groups -OCH3 is 1. The van der Waals surface area contributed by atoms with Crippen molar-refractivity contribution in [3.05, 3.63) is 28.8 Å². The van der Waals surface area contributed by atoms with Crippen molar-refractivity contribution in [2.45, 2.75) is 12.5 Å². The first-order valence-corrected chi connectivity index (χ1v) is 7.37. The lowest BCUT2D eigenvalue weighted by atomic mass is 10.0. The highest BCUT2D eigenvalue weighted by Crippen LogP contribution is 2.26. The molecule has 1 fully saturated rings. The van der Waals surface area contributed by atoms with E-state index in [1.165, 1.54) is 0 Å². The van der Waals surface area contributed by atoms with Gasteiger partial charge in [0, 0.05) is 26.2 Å². The van der Waals surface area contributed by atoms with E-state index in [4.69, 9.17) is 16.3 Å². The number of hydrogen-bond donors (Lipinski definition) is 1. The van der Waals surface area contributed by atoms with Crippen molar-refractivity contribution >= 4 is 17.6 Å². The second kappa shape index (κ2) is 7.11. The molecule has 6 heteroatoms. The van der Waals surface area contributed by atoms with Gasteiger partial charge in [-0.05, 0) is 31.2 Å². The highest BCUT2D eigenvalue weighted by Gasteiger charge is 2.28. The van der Waals surface area contributed by atoms with Gasteiger partial charge >= 0.3 is 5.97 Å². The zero-order chi connectivity index (χ0) is 15.4. The van der Waals surface area contributed by atoms with Gasteiger partial charge in [0.25, 0.3) is 0 Å². The lowest BCUT2D eigenvalue weighted by Gasteiger charge is -2.36. The standard InChI is InChI=1S/C15H21ClN2O3/c1-17-5-7-18(8-6-17)13(15(19)20)10-11-3-4-14(21-2)12(16)9-11/h3-4,9,13H,5-8,10H2,1-2H3,(H,19,20). The van der Waals surface area contributed by atoms with Crippen LogP contribution in [0.3, 0.4) is 0 Å². The largest absolute Gasteiger partial charge is 0.495 e.